The van der Waals surface area contributed by atoms with E-state index in [4.69, 9.17) is 9.15 Å². The predicted octanol–water partition coefficient (Wildman–Crippen LogP) is 2.87. The molecule has 1 saturated heterocycles. The molecule has 0 spiro atoms. The van der Waals surface area contributed by atoms with Gasteiger partial charge in [0.1, 0.15) is 5.76 Å². The smallest absolute Gasteiger partial charge is 0.253 e. The van der Waals surface area contributed by atoms with Crippen LogP contribution in [0.4, 0.5) is 5.69 Å². The largest absolute Gasteiger partial charge is 0.468 e. The van der Waals surface area contributed by atoms with Gasteiger partial charge in [-0.15, -0.1) is 0 Å². The summed E-state index contributed by atoms with van der Waals surface area (Å²) in [5.74, 6) is 0.338. The van der Waals surface area contributed by atoms with Gasteiger partial charge in [0.05, 0.1) is 30.9 Å². The van der Waals surface area contributed by atoms with Crippen molar-refractivity contribution in [2.45, 2.75) is 18.0 Å². The molecule has 1 aromatic heterocycles. The molecule has 33 heavy (non-hydrogen) atoms. The number of amides is 1. The molecule has 0 saturated carbocycles. The first kappa shape index (κ1) is 23.0. The van der Waals surface area contributed by atoms with Gasteiger partial charge in [0.2, 0.25) is 10.0 Å². The first-order valence-corrected chi connectivity index (χ1v) is 12.2. The van der Waals surface area contributed by atoms with Gasteiger partial charge < -0.3 is 19.0 Å². The molecule has 8 nitrogen and oxygen atoms in total. The monoisotopic (exact) mass is 469 g/mol. The fraction of sp³-hybridized carbons (Fsp3) is 0.292. The summed E-state index contributed by atoms with van der Waals surface area (Å²) in [7, 11) is -1.98. The van der Waals surface area contributed by atoms with Crippen molar-refractivity contribution in [3.63, 3.8) is 0 Å². The van der Waals surface area contributed by atoms with E-state index < -0.39 is 10.0 Å². The Morgan fingerprint density at radius 3 is 2.36 bits per heavy atom. The van der Waals surface area contributed by atoms with E-state index in [2.05, 4.69) is 21.8 Å². The van der Waals surface area contributed by atoms with Crippen molar-refractivity contribution in [2.75, 3.05) is 38.3 Å². The first-order chi connectivity index (χ1) is 15.9. The number of furan rings is 1. The van der Waals surface area contributed by atoms with E-state index >= 15 is 0 Å². The summed E-state index contributed by atoms with van der Waals surface area (Å²) in [6.07, 6.45) is 1.49. The maximum absolute atomic E-state index is 12.8. The third kappa shape index (κ3) is 5.81. The van der Waals surface area contributed by atoms with Crippen LogP contribution in [0.25, 0.3) is 0 Å². The van der Waals surface area contributed by atoms with Crippen LogP contribution in [-0.2, 0) is 27.8 Å². The van der Waals surface area contributed by atoms with E-state index in [1.165, 1.54) is 30.5 Å². The lowest BCUT2D eigenvalue weighted by Crippen LogP contribution is -2.36. The lowest BCUT2D eigenvalue weighted by Gasteiger charge is -2.29. The number of ether oxygens (including phenoxy) is 1. The fourth-order valence-corrected chi connectivity index (χ4v) is 4.63. The molecule has 4 rings (SSSR count). The molecular weight excluding hydrogens is 442 g/mol. The summed E-state index contributed by atoms with van der Waals surface area (Å²) in [5, 5.41) is 0. The molecular formula is C24H27N3O5S. The number of morpholine rings is 1. The van der Waals surface area contributed by atoms with Gasteiger partial charge in [-0.05, 0) is 54.1 Å². The van der Waals surface area contributed by atoms with Gasteiger partial charge in [0.15, 0.2) is 0 Å². The minimum Gasteiger partial charge on any atom is -0.468 e. The van der Waals surface area contributed by atoms with Crippen molar-refractivity contribution in [1.29, 1.82) is 0 Å². The molecule has 1 aliphatic heterocycles. The van der Waals surface area contributed by atoms with Crippen molar-refractivity contribution in [3.05, 3.63) is 83.8 Å². The topological polar surface area (TPSA) is 92.1 Å². The van der Waals surface area contributed by atoms with Crippen molar-refractivity contribution in [2.24, 2.45) is 0 Å². The molecule has 1 amide bonds. The van der Waals surface area contributed by atoms with Crippen LogP contribution in [0.2, 0.25) is 0 Å². The molecule has 9 heteroatoms. The van der Waals surface area contributed by atoms with E-state index in [-0.39, 0.29) is 17.3 Å². The zero-order chi connectivity index (χ0) is 23.3. The molecule has 0 radical (unpaired) electrons. The normalized spacial score (nSPS) is 14.3. The van der Waals surface area contributed by atoms with Gasteiger partial charge in [-0.3, -0.25) is 4.79 Å². The SMILES string of the molecule is CN(Cc1ccc(N2CCOCC2)cc1)C(=O)c1ccc(S(=O)(=O)NCc2ccco2)cc1. The zero-order valence-electron chi connectivity index (χ0n) is 18.4. The van der Waals surface area contributed by atoms with Crippen molar-refractivity contribution in [3.8, 4) is 0 Å². The molecule has 2 heterocycles. The highest BCUT2D eigenvalue weighted by Gasteiger charge is 2.17. The third-order valence-electron chi connectivity index (χ3n) is 5.51. The summed E-state index contributed by atoms with van der Waals surface area (Å²) in [4.78, 5) is 16.8. The van der Waals surface area contributed by atoms with Gasteiger partial charge in [0.25, 0.3) is 5.91 Å². The third-order valence-corrected chi connectivity index (χ3v) is 6.92. The maximum atomic E-state index is 12.8. The Bertz CT molecular complexity index is 1150. The summed E-state index contributed by atoms with van der Waals surface area (Å²) < 4.78 is 38.0. The van der Waals surface area contributed by atoms with Gasteiger partial charge >= 0.3 is 0 Å². The molecule has 0 atom stereocenters. The predicted molar refractivity (Wildman–Crippen MR) is 124 cm³/mol. The molecule has 3 aromatic rings. The van der Waals surface area contributed by atoms with Crippen LogP contribution >= 0.6 is 0 Å². The van der Waals surface area contributed by atoms with E-state index in [0.29, 0.717) is 17.9 Å². The quantitative estimate of drug-likeness (QED) is 0.546. The molecule has 0 unspecified atom stereocenters. The van der Waals surface area contributed by atoms with Crippen LogP contribution in [0.1, 0.15) is 21.7 Å². The molecule has 0 aliphatic carbocycles. The van der Waals surface area contributed by atoms with Crippen LogP contribution < -0.4 is 9.62 Å². The number of rotatable bonds is 8. The van der Waals surface area contributed by atoms with Crippen molar-refractivity contribution < 1.29 is 22.4 Å². The number of sulfonamides is 1. The number of hydrogen-bond donors (Lipinski definition) is 1. The zero-order valence-corrected chi connectivity index (χ0v) is 19.3. The Hall–Kier alpha value is -3.14. The first-order valence-electron chi connectivity index (χ1n) is 10.7. The van der Waals surface area contributed by atoms with Crippen molar-refractivity contribution in [1.82, 2.24) is 9.62 Å². The standard InChI is InChI=1S/C24H27N3O5S/c1-26(18-19-4-8-21(9-5-19)27-12-15-31-16-13-27)24(28)20-6-10-23(11-7-20)33(29,30)25-17-22-3-2-14-32-22/h2-11,14,25H,12-13,15-18H2,1H3. The number of carbonyl (C=O) groups excluding carboxylic acids is 1. The summed E-state index contributed by atoms with van der Waals surface area (Å²) in [6, 6.07) is 17.5. The van der Waals surface area contributed by atoms with Gasteiger partial charge in [-0.2, -0.15) is 0 Å². The number of carbonyl (C=O) groups is 1. The highest BCUT2D eigenvalue weighted by molar-refractivity contribution is 7.89. The summed E-state index contributed by atoms with van der Waals surface area (Å²) in [5.41, 5.74) is 2.59. The summed E-state index contributed by atoms with van der Waals surface area (Å²) >= 11 is 0. The van der Waals surface area contributed by atoms with Crippen molar-refractivity contribution >= 4 is 21.6 Å². The van der Waals surface area contributed by atoms with Crippen LogP contribution in [-0.4, -0.2) is 52.6 Å². The second-order valence-electron chi connectivity index (χ2n) is 7.86. The second kappa shape index (κ2) is 10.2. The van der Waals surface area contributed by atoms with Crippen LogP contribution in [0.3, 0.4) is 0 Å². The maximum Gasteiger partial charge on any atom is 0.253 e. The lowest BCUT2D eigenvalue weighted by molar-refractivity contribution is 0.0785. The van der Waals surface area contributed by atoms with Gasteiger partial charge in [-0.1, -0.05) is 12.1 Å². The van der Waals surface area contributed by atoms with Gasteiger partial charge in [-0.25, -0.2) is 13.1 Å². The Labute approximate surface area is 193 Å². The molecule has 1 N–H and O–H groups in total. The van der Waals surface area contributed by atoms with Crippen LogP contribution in [0.15, 0.2) is 76.2 Å². The molecule has 174 valence electrons. The van der Waals surface area contributed by atoms with Crippen LogP contribution in [0.5, 0.6) is 0 Å². The average Bonchev–Trinajstić information content (AvgIpc) is 3.37. The minimum atomic E-state index is -3.71. The van der Waals surface area contributed by atoms with E-state index in [1.54, 1.807) is 24.1 Å². The number of nitrogens with zero attached hydrogens (tertiary/aromatic N) is 2. The molecule has 2 aromatic carbocycles. The summed E-state index contributed by atoms with van der Waals surface area (Å²) in [6.45, 7) is 3.73. The second-order valence-corrected chi connectivity index (χ2v) is 9.62. The van der Waals surface area contributed by atoms with E-state index in [0.717, 1.165) is 37.6 Å². The highest BCUT2D eigenvalue weighted by Crippen LogP contribution is 2.18. The lowest BCUT2D eigenvalue weighted by atomic mass is 10.1. The minimum absolute atomic E-state index is 0.0586. The molecule has 0 bridgehead atoms. The number of hydrogen-bond acceptors (Lipinski definition) is 6. The van der Waals surface area contributed by atoms with Crippen LogP contribution in [0, 0.1) is 0 Å². The van der Waals surface area contributed by atoms with Gasteiger partial charge in [0, 0.05) is 37.9 Å². The fourth-order valence-electron chi connectivity index (χ4n) is 3.64. The highest BCUT2D eigenvalue weighted by atomic mass is 32.2. The number of nitrogens with one attached hydrogen (secondary N) is 1. The average molecular weight is 470 g/mol. The molecule has 1 aliphatic rings. The van der Waals surface area contributed by atoms with E-state index in [1.807, 2.05) is 12.1 Å². The Morgan fingerprint density at radius 2 is 1.73 bits per heavy atom. The van der Waals surface area contributed by atoms with E-state index in [9.17, 15) is 13.2 Å². The Morgan fingerprint density at radius 1 is 1.03 bits per heavy atom. The Kier molecular flexibility index (Phi) is 7.12. The number of anilines is 1. The Balaban J connectivity index is 1.35. The number of benzene rings is 2. The molecule has 1 fully saturated rings.